The van der Waals surface area contributed by atoms with Gasteiger partial charge < -0.3 is 24.4 Å². The molecule has 42 heavy (non-hydrogen) atoms. The molecule has 6 rings (SSSR count). The van der Waals surface area contributed by atoms with Gasteiger partial charge in [0.1, 0.15) is 17.0 Å². The van der Waals surface area contributed by atoms with Crippen LogP contribution >= 0.6 is 11.8 Å². The highest BCUT2D eigenvalue weighted by Gasteiger charge is 2.60. The Balaban J connectivity index is 1.31. The molecule has 0 radical (unpaired) electrons. The average molecular weight is 586 g/mol. The molecule has 3 heterocycles. The minimum atomic E-state index is -0.972. The number of aryl methyl sites for hydroxylation is 1. The number of fused-ring (bicyclic) bond motifs is 1. The summed E-state index contributed by atoms with van der Waals surface area (Å²) >= 11 is 1.83. The van der Waals surface area contributed by atoms with Crippen LogP contribution in [0.1, 0.15) is 56.0 Å². The zero-order chi connectivity index (χ0) is 29.5. The number of para-hydroxylation sites is 1. The van der Waals surface area contributed by atoms with Gasteiger partial charge in [0, 0.05) is 28.7 Å². The predicted molar refractivity (Wildman–Crippen MR) is 168 cm³/mol. The number of ether oxygens (including phenoxy) is 1. The molecule has 0 spiro atoms. The van der Waals surface area contributed by atoms with Crippen LogP contribution in [0.2, 0.25) is 0 Å². The Morgan fingerprint density at radius 1 is 1.07 bits per heavy atom. The lowest BCUT2D eigenvalue weighted by Gasteiger charge is -2.44. The fourth-order valence-electron chi connectivity index (χ4n) is 6.98. The normalized spacial score (nSPS) is 20.7. The number of aromatic amines is 1. The van der Waals surface area contributed by atoms with Crippen molar-refractivity contribution in [2.75, 3.05) is 23.9 Å². The zero-order valence-electron chi connectivity index (χ0n) is 24.7. The summed E-state index contributed by atoms with van der Waals surface area (Å²) in [7, 11) is 1.62. The van der Waals surface area contributed by atoms with Gasteiger partial charge in [-0.15, -0.1) is 0 Å². The lowest BCUT2D eigenvalue weighted by atomic mass is 9.87. The first-order valence-electron chi connectivity index (χ1n) is 14.7. The maximum Gasteiger partial charge on any atom is 0.250 e. The van der Waals surface area contributed by atoms with Crippen molar-refractivity contribution in [3.8, 4) is 5.75 Å². The molecule has 0 bridgehead atoms. The number of anilines is 1. The van der Waals surface area contributed by atoms with E-state index in [2.05, 4.69) is 49.3 Å². The number of nitrogens with one attached hydrogen (secondary N) is 2. The minimum absolute atomic E-state index is 0.00116. The fraction of sp³-hybridized carbons (Fsp3) is 0.412. The molecule has 2 amide bonds. The van der Waals surface area contributed by atoms with Gasteiger partial charge >= 0.3 is 0 Å². The van der Waals surface area contributed by atoms with Crippen LogP contribution < -0.4 is 10.1 Å². The Hall–Kier alpha value is -3.65. The molecule has 2 fully saturated rings. The van der Waals surface area contributed by atoms with Gasteiger partial charge in [0.05, 0.1) is 19.9 Å². The van der Waals surface area contributed by atoms with Crippen LogP contribution in [0.15, 0.2) is 71.3 Å². The topological polar surface area (TPSA) is 87.6 Å². The number of methoxy groups -OCH3 is 1. The first kappa shape index (κ1) is 28.5. The van der Waals surface area contributed by atoms with Gasteiger partial charge in [-0.1, -0.05) is 32.0 Å². The highest BCUT2D eigenvalue weighted by atomic mass is 32.2. The second-order valence-corrected chi connectivity index (χ2v) is 13.4. The van der Waals surface area contributed by atoms with E-state index < -0.39 is 5.54 Å². The lowest BCUT2D eigenvalue weighted by molar-refractivity contribution is -0.148. The molecule has 4 aromatic rings. The number of thioether (sulfide) groups is 1. The minimum Gasteiger partial charge on any atom is -0.497 e. The third-order valence-electron chi connectivity index (χ3n) is 9.50. The number of benzene rings is 2. The van der Waals surface area contributed by atoms with E-state index in [9.17, 15) is 9.59 Å². The SMILES string of the molecule is COc1ccc(NC(=O)C2(N(Cc3ccco3)C(=O)CC3C(c4c(C)[nH]c5ccccc45)C3(C)C)CCSCC2)cc1. The molecule has 2 atom stereocenters. The van der Waals surface area contributed by atoms with Crippen LogP contribution in [0.5, 0.6) is 5.75 Å². The number of furan rings is 1. The molecule has 1 saturated heterocycles. The molecule has 2 N–H and O–H groups in total. The van der Waals surface area contributed by atoms with E-state index >= 15 is 0 Å². The van der Waals surface area contributed by atoms with Crippen LogP contribution in [0.4, 0.5) is 5.69 Å². The summed E-state index contributed by atoms with van der Waals surface area (Å²) < 4.78 is 11.0. The van der Waals surface area contributed by atoms with Gasteiger partial charge in [-0.3, -0.25) is 9.59 Å². The first-order valence-corrected chi connectivity index (χ1v) is 15.8. The van der Waals surface area contributed by atoms with Crippen LogP contribution in [0.3, 0.4) is 0 Å². The second kappa shape index (κ2) is 11.2. The van der Waals surface area contributed by atoms with Gasteiger partial charge in [-0.2, -0.15) is 11.8 Å². The van der Waals surface area contributed by atoms with Gasteiger partial charge in [0.2, 0.25) is 11.8 Å². The molecule has 1 aliphatic carbocycles. The summed E-state index contributed by atoms with van der Waals surface area (Å²) in [6, 6.07) is 19.4. The number of carbonyl (C=O) groups is 2. The smallest absolute Gasteiger partial charge is 0.250 e. The van der Waals surface area contributed by atoms with Crippen molar-refractivity contribution in [2.24, 2.45) is 11.3 Å². The van der Waals surface area contributed by atoms with Crippen molar-refractivity contribution in [3.05, 3.63) is 83.9 Å². The largest absolute Gasteiger partial charge is 0.497 e. The van der Waals surface area contributed by atoms with Gasteiger partial charge in [0.15, 0.2) is 0 Å². The highest BCUT2D eigenvalue weighted by Crippen LogP contribution is 2.67. The van der Waals surface area contributed by atoms with Gasteiger partial charge in [-0.25, -0.2) is 0 Å². The third kappa shape index (κ3) is 5.10. The quantitative estimate of drug-likeness (QED) is 0.218. The number of rotatable bonds is 9. The number of carbonyl (C=O) groups excluding carboxylic acids is 2. The van der Waals surface area contributed by atoms with Crippen LogP contribution in [0, 0.1) is 18.3 Å². The molecule has 2 aromatic heterocycles. The van der Waals surface area contributed by atoms with Gasteiger partial charge in [0.25, 0.3) is 0 Å². The van der Waals surface area contributed by atoms with E-state index in [-0.39, 0.29) is 35.6 Å². The monoisotopic (exact) mass is 585 g/mol. The van der Waals surface area contributed by atoms with E-state index in [0.29, 0.717) is 30.7 Å². The first-order chi connectivity index (χ1) is 20.2. The summed E-state index contributed by atoms with van der Waals surface area (Å²) in [6.45, 7) is 6.91. The molecule has 1 aliphatic heterocycles. The van der Waals surface area contributed by atoms with E-state index in [0.717, 1.165) is 28.5 Å². The average Bonchev–Trinajstić information content (AvgIpc) is 3.36. The molecule has 8 heteroatoms. The predicted octanol–water partition coefficient (Wildman–Crippen LogP) is 7.14. The van der Waals surface area contributed by atoms with E-state index in [1.807, 2.05) is 59.1 Å². The maximum absolute atomic E-state index is 14.5. The van der Waals surface area contributed by atoms with E-state index in [4.69, 9.17) is 9.15 Å². The Labute approximate surface area is 251 Å². The maximum atomic E-state index is 14.5. The number of hydrogen-bond donors (Lipinski definition) is 2. The molecular weight excluding hydrogens is 546 g/mol. The van der Waals surface area contributed by atoms with E-state index in [1.54, 1.807) is 13.4 Å². The Kier molecular flexibility index (Phi) is 7.60. The summed E-state index contributed by atoms with van der Waals surface area (Å²) in [6.07, 6.45) is 3.18. The molecule has 220 valence electrons. The van der Waals surface area contributed by atoms with Crippen molar-refractivity contribution in [1.29, 1.82) is 0 Å². The number of H-pyrrole nitrogens is 1. The van der Waals surface area contributed by atoms with Crippen molar-refractivity contribution < 1.29 is 18.7 Å². The summed E-state index contributed by atoms with van der Waals surface area (Å²) in [5.41, 5.74) is 3.28. The molecular formula is C34H39N3O4S. The molecule has 2 unspecified atom stereocenters. The Morgan fingerprint density at radius 3 is 2.50 bits per heavy atom. The zero-order valence-corrected chi connectivity index (χ0v) is 25.6. The molecule has 2 aromatic carbocycles. The summed E-state index contributed by atoms with van der Waals surface area (Å²) in [5.74, 6) is 3.30. The van der Waals surface area contributed by atoms with Crippen molar-refractivity contribution in [1.82, 2.24) is 9.88 Å². The summed E-state index contributed by atoms with van der Waals surface area (Å²) in [5, 5.41) is 4.36. The van der Waals surface area contributed by atoms with Crippen molar-refractivity contribution >= 4 is 40.2 Å². The number of aromatic nitrogens is 1. The highest BCUT2D eigenvalue weighted by molar-refractivity contribution is 7.99. The number of nitrogens with zero attached hydrogens (tertiary/aromatic N) is 1. The van der Waals surface area contributed by atoms with E-state index in [1.165, 1.54) is 10.9 Å². The fourth-order valence-corrected chi connectivity index (χ4v) is 8.15. The molecule has 2 aliphatic rings. The van der Waals surface area contributed by atoms with Crippen LogP contribution in [-0.4, -0.2) is 45.9 Å². The Morgan fingerprint density at radius 2 is 1.81 bits per heavy atom. The lowest BCUT2D eigenvalue weighted by Crippen LogP contribution is -2.60. The molecule has 1 saturated carbocycles. The van der Waals surface area contributed by atoms with Crippen LogP contribution in [-0.2, 0) is 16.1 Å². The second-order valence-electron chi connectivity index (χ2n) is 12.2. The standard InChI is InChI=1S/C34H39N3O4S/c1-22-30(26-9-5-6-10-28(26)35-22)31-27(33(31,2)3)20-29(38)37(21-25-8-7-17-41-25)34(15-18-42-19-16-34)32(39)36-23-11-13-24(40-4)14-12-23/h5-14,17,27,31,35H,15-16,18-21H2,1-4H3,(H,36,39). The van der Waals surface area contributed by atoms with Crippen molar-refractivity contribution in [2.45, 2.75) is 58.0 Å². The third-order valence-corrected chi connectivity index (χ3v) is 10.5. The van der Waals surface area contributed by atoms with Crippen LogP contribution in [0.25, 0.3) is 10.9 Å². The number of hydrogen-bond acceptors (Lipinski definition) is 5. The van der Waals surface area contributed by atoms with Crippen molar-refractivity contribution in [3.63, 3.8) is 0 Å². The molecule has 7 nitrogen and oxygen atoms in total. The Bertz CT molecular complexity index is 1570. The van der Waals surface area contributed by atoms with Gasteiger partial charge in [-0.05, 0) is 96.5 Å². The number of amides is 2. The summed E-state index contributed by atoms with van der Waals surface area (Å²) in [4.78, 5) is 34.1.